The maximum Gasteiger partial charge on any atom is 0.239 e. The third kappa shape index (κ3) is 4.08. The monoisotopic (exact) mass is 249 g/mol. The zero-order chi connectivity index (χ0) is 13.5. The molecule has 5 nitrogen and oxygen atoms in total. The van der Waals surface area contributed by atoms with E-state index in [9.17, 15) is 9.59 Å². The Morgan fingerprint density at radius 1 is 1.17 bits per heavy atom. The molecule has 18 heavy (non-hydrogen) atoms. The van der Waals surface area contributed by atoms with E-state index in [1.807, 2.05) is 6.92 Å². The SMILES string of the molecule is CCC(=O)Nc1ccc(N[C@@H](CC)C(N)=O)cc1. The van der Waals surface area contributed by atoms with E-state index in [-0.39, 0.29) is 17.9 Å². The summed E-state index contributed by atoms with van der Waals surface area (Å²) in [4.78, 5) is 22.3. The van der Waals surface area contributed by atoms with Gasteiger partial charge < -0.3 is 16.4 Å². The lowest BCUT2D eigenvalue weighted by atomic mass is 10.2. The molecule has 2 amide bonds. The summed E-state index contributed by atoms with van der Waals surface area (Å²) in [5, 5.41) is 5.79. The highest BCUT2D eigenvalue weighted by Crippen LogP contribution is 2.15. The van der Waals surface area contributed by atoms with Gasteiger partial charge >= 0.3 is 0 Å². The van der Waals surface area contributed by atoms with Gasteiger partial charge in [-0.25, -0.2) is 0 Å². The predicted molar refractivity (Wildman–Crippen MR) is 72.3 cm³/mol. The number of carbonyl (C=O) groups is 2. The molecule has 0 aromatic heterocycles. The highest BCUT2D eigenvalue weighted by molar-refractivity contribution is 5.90. The van der Waals surface area contributed by atoms with Gasteiger partial charge in [-0.05, 0) is 30.7 Å². The number of nitrogens with one attached hydrogen (secondary N) is 2. The van der Waals surface area contributed by atoms with Crippen LogP contribution in [0.3, 0.4) is 0 Å². The molecule has 4 N–H and O–H groups in total. The van der Waals surface area contributed by atoms with Crippen molar-refractivity contribution in [3.05, 3.63) is 24.3 Å². The molecular formula is C13H19N3O2. The van der Waals surface area contributed by atoms with Crippen LogP contribution in [-0.4, -0.2) is 17.9 Å². The van der Waals surface area contributed by atoms with Gasteiger partial charge in [-0.3, -0.25) is 9.59 Å². The van der Waals surface area contributed by atoms with Crippen molar-refractivity contribution >= 4 is 23.2 Å². The summed E-state index contributed by atoms with van der Waals surface area (Å²) in [6, 6.07) is 6.79. The quantitative estimate of drug-likeness (QED) is 0.717. The third-order valence-electron chi connectivity index (χ3n) is 2.58. The molecule has 1 aromatic rings. The Hall–Kier alpha value is -2.04. The summed E-state index contributed by atoms with van der Waals surface area (Å²) in [5.41, 5.74) is 6.79. The lowest BCUT2D eigenvalue weighted by molar-refractivity contribution is -0.119. The Bertz CT molecular complexity index is 415. The molecule has 0 aliphatic rings. The van der Waals surface area contributed by atoms with Crippen molar-refractivity contribution in [3.63, 3.8) is 0 Å². The maximum atomic E-state index is 11.2. The molecule has 0 radical (unpaired) electrons. The zero-order valence-electron chi connectivity index (χ0n) is 10.7. The van der Waals surface area contributed by atoms with Gasteiger partial charge in [-0.15, -0.1) is 0 Å². The Kier molecular flexibility index (Phi) is 5.17. The molecule has 0 aliphatic carbocycles. The summed E-state index contributed by atoms with van der Waals surface area (Å²) >= 11 is 0. The Balaban J connectivity index is 2.65. The second-order valence-corrected chi connectivity index (χ2v) is 3.99. The Morgan fingerprint density at radius 2 is 1.72 bits per heavy atom. The van der Waals surface area contributed by atoms with Crippen LogP contribution in [0.5, 0.6) is 0 Å². The second-order valence-electron chi connectivity index (χ2n) is 3.99. The van der Waals surface area contributed by atoms with Crippen molar-refractivity contribution in [2.24, 2.45) is 5.73 Å². The molecule has 0 saturated heterocycles. The van der Waals surface area contributed by atoms with Crippen LogP contribution in [0.2, 0.25) is 0 Å². The molecule has 1 atom stereocenters. The molecule has 0 heterocycles. The van der Waals surface area contributed by atoms with Gasteiger partial charge in [0.15, 0.2) is 0 Å². The number of nitrogens with two attached hydrogens (primary N) is 1. The van der Waals surface area contributed by atoms with Crippen molar-refractivity contribution < 1.29 is 9.59 Å². The largest absolute Gasteiger partial charge is 0.374 e. The van der Waals surface area contributed by atoms with Gasteiger partial charge in [-0.1, -0.05) is 13.8 Å². The lowest BCUT2D eigenvalue weighted by Gasteiger charge is -2.15. The molecule has 0 unspecified atom stereocenters. The van der Waals surface area contributed by atoms with Crippen molar-refractivity contribution in [1.82, 2.24) is 0 Å². The average Bonchev–Trinajstić information content (AvgIpc) is 2.37. The van der Waals surface area contributed by atoms with Crippen LogP contribution in [-0.2, 0) is 9.59 Å². The molecule has 0 saturated carbocycles. The van der Waals surface area contributed by atoms with Crippen molar-refractivity contribution in [3.8, 4) is 0 Å². The predicted octanol–water partition coefficient (Wildman–Crippen LogP) is 1.71. The number of primary amides is 1. The van der Waals surface area contributed by atoms with Crippen LogP contribution in [0.4, 0.5) is 11.4 Å². The highest BCUT2D eigenvalue weighted by atomic mass is 16.2. The molecule has 1 aromatic carbocycles. The van der Waals surface area contributed by atoms with Crippen molar-refractivity contribution in [2.75, 3.05) is 10.6 Å². The third-order valence-corrected chi connectivity index (χ3v) is 2.58. The van der Waals surface area contributed by atoms with E-state index in [0.717, 1.165) is 11.4 Å². The number of benzene rings is 1. The smallest absolute Gasteiger partial charge is 0.239 e. The normalized spacial score (nSPS) is 11.7. The standard InChI is InChI=1S/C13H19N3O2/c1-3-11(13(14)18)15-9-5-7-10(8-6-9)16-12(17)4-2/h5-8,11,15H,3-4H2,1-2H3,(H2,14,18)(H,16,17)/t11-/m0/s1. The fraction of sp³-hybridized carbons (Fsp3) is 0.385. The van der Waals surface area contributed by atoms with E-state index in [4.69, 9.17) is 5.73 Å². The number of carbonyl (C=O) groups excluding carboxylic acids is 2. The zero-order valence-corrected chi connectivity index (χ0v) is 10.7. The summed E-state index contributed by atoms with van der Waals surface area (Å²) in [7, 11) is 0. The Morgan fingerprint density at radius 3 is 2.17 bits per heavy atom. The minimum absolute atomic E-state index is 0.0284. The Labute approximate surface area is 107 Å². The molecule has 0 bridgehead atoms. The average molecular weight is 249 g/mol. The van der Waals surface area contributed by atoms with Crippen LogP contribution in [0.25, 0.3) is 0 Å². The number of rotatable bonds is 6. The number of hydrogen-bond acceptors (Lipinski definition) is 3. The summed E-state index contributed by atoms with van der Waals surface area (Å²) in [5.74, 6) is -0.403. The first-order valence-corrected chi connectivity index (χ1v) is 6.02. The van der Waals surface area contributed by atoms with Crippen LogP contribution < -0.4 is 16.4 Å². The molecular weight excluding hydrogens is 230 g/mol. The first kappa shape index (κ1) is 14.0. The lowest BCUT2D eigenvalue weighted by Crippen LogP contribution is -2.34. The second kappa shape index (κ2) is 6.64. The molecule has 1 rings (SSSR count). The van der Waals surface area contributed by atoms with Gasteiger partial charge in [0.25, 0.3) is 0 Å². The number of anilines is 2. The van der Waals surface area contributed by atoms with Gasteiger partial charge in [-0.2, -0.15) is 0 Å². The van der Waals surface area contributed by atoms with Crippen LogP contribution in [0, 0.1) is 0 Å². The van der Waals surface area contributed by atoms with Crippen LogP contribution in [0.15, 0.2) is 24.3 Å². The van der Waals surface area contributed by atoms with E-state index in [0.29, 0.717) is 12.8 Å². The van der Waals surface area contributed by atoms with Crippen LogP contribution >= 0.6 is 0 Å². The van der Waals surface area contributed by atoms with Crippen molar-refractivity contribution in [1.29, 1.82) is 0 Å². The van der Waals surface area contributed by atoms with Gasteiger partial charge in [0, 0.05) is 17.8 Å². The summed E-state index contributed by atoms with van der Waals surface area (Å²) in [6.45, 7) is 3.68. The minimum atomic E-state index is -0.374. The van der Waals surface area contributed by atoms with Gasteiger partial charge in [0.05, 0.1) is 0 Å². The minimum Gasteiger partial charge on any atom is -0.374 e. The summed E-state index contributed by atoms with van der Waals surface area (Å²) in [6.07, 6.45) is 1.07. The van der Waals surface area contributed by atoms with Crippen LogP contribution in [0.1, 0.15) is 26.7 Å². The molecule has 0 aliphatic heterocycles. The summed E-state index contributed by atoms with van der Waals surface area (Å²) < 4.78 is 0. The first-order chi connectivity index (χ1) is 8.56. The molecule has 0 spiro atoms. The number of hydrogen-bond donors (Lipinski definition) is 3. The van der Waals surface area contributed by atoms with Crippen molar-refractivity contribution in [2.45, 2.75) is 32.7 Å². The van der Waals surface area contributed by atoms with E-state index in [1.54, 1.807) is 31.2 Å². The van der Waals surface area contributed by atoms with E-state index < -0.39 is 0 Å². The maximum absolute atomic E-state index is 11.2. The molecule has 98 valence electrons. The fourth-order valence-electron chi connectivity index (χ4n) is 1.47. The fourth-order valence-corrected chi connectivity index (χ4v) is 1.47. The first-order valence-electron chi connectivity index (χ1n) is 6.02. The highest BCUT2D eigenvalue weighted by Gasteiger charge is 2.11. The van der Waals surface area contributed by atoms with Gasteiger partial charge in [0.1, 0.15) is 6.04 Å². The molecule has 5 heteroatoms. The van der Waals surface area contributed by atoms with E-state index >= 15 is 0 Å². The topological polar surface area (TPSA) is 84.2 Å². The van der Waals surface area contributed by atoms with E-state index in [1.165, 1.54) is 0 Å². The molecule has 0 fully saturated rings. The van der Waals surface area contributed by atoms with E-state index in [2.05, 4.69) is 10.6 Å². The number of amides is 2. The van der Waals surface area contributed by atoms with Gasteiger partial charge in [0.2, 0.25) is 11.8 Å².